The van der Waals surface area contributed by atoms with Gasteiger partial charge in [0.05, 0.1) is 31.9 Å². The minimum atomic E-state index is 0.0385. The molecule has 1 aliphatic rings. The summed E-state index contributed by atoms with van der Waals surface area (Å²) in [6.45, 7) is 2.92. The largest absolute Gasteiger partial charge is 0.486 e. The lowest BCUT2D eigenvalue weighted by Crippen LogP contribution is -2.35. The number of aromatic nitrogens is 3. The molecule has 37 heavy (non-hydrogen) atoms. The van der Waals surface area contributed by atoms with Crippen LogP contribution in [-0.2, 0) is 11.4 Å². The van der Waals surface area contributed by atoms with E-state index in [1.807, 2.05) is 43.3 Å². The normalized spacial score (nSPS) is 16.7. The van der Waals surface area contributed by atoms with Crippen molar-refractivity contribution in [2.24, 2.45) is 0 Å². The Morgan fingerprint density at radius 3 is 2.97 bits per heavy atom. The van der Waals surface area contributed by atoms with Crippen molar-refractivity contribution in [1.29, 1.82) is 0 Å². The van der Waals surface area contributed by atoms with Crippen molar-refractivity contribution >= 4 is 50.6 Å². The summed E-state index contributed by atoms with van der Waals surface area (Å²) in [5.74, 6) is 7.86. The maximum absolute atomic E-state index is 11.6. The summed E-state index contributed by atoms with van der Waals surface area (Å²) in [7, 11) is 0. The van der Waals surface area contributed by atoms with Gasteiger partial charge in [0.25, 0.3) is 0 Å². The van der Waals surface area contributed by atoms with Crippen LogP contribution in [0.1, 0.15) is 30.3 Å². The van der Waals surface area contributed by atoms with Crippen molar-refractivity contribution in [3.63, 3.8) is 0 Å². The van der Waals surface area contributed by atoms with Crippen LogP contribution in [0.25, 0.3) is 10.2 Å². The Balaban J connectivity index is 1.25. The van der Waals surface area contributed by atoms with Crippen LogP contribution < -0.4 is 20.7 Å². The maximum Gasteiger partial charge on any atom is 0.219 e. The van der Waals surface area contributed by atoms with E-state index in [0.717, 1.165) is 39.4 Å². The Kier molecular flexibility index (Phi) is 7.80. The monoisotopic (exact) mass is 532 g/mol. The van der Waals surface area contributed by atoms with E-state index in [0.29, 0.717) is 29.6 Å². The molecule has 1 amide bonds. The summed E-state index contributed by atoms with van der Waals surface area (Å²) in [6, 6.07) is 13.3. The third-order valence-corrected chi connectivity index (χ3v) is 7.14. The SMILES string of the molecule is CCC(=O)N[C@H]1CN[C@H](C#Cc2cc3ncnc(Nc4ccc(OCc5ccccn5)c(Cl)c4)c3s2)C1. The average molecular weight is 533 g/mol. The van der Waals surface area contributed by atoms with E-state index in [1.165, 1.54) is 17.7 Å². The Bertz CT molecular complexity index is 1470. The van der Waals surface area contributed by atoms with Gasteiger partial charge in [0.15, 0.2) is 5.82 Å². The Morgan fingerprint density at radius 1 is 1.24 bits per heavy atom. The molecule has 5 rings (SSSR count). The number of hydrogen-bond acceptors (Lipinski definition) is 8. The number of amides is 1. The minimum absolute atomic E-state index is 0.0385. The van der Waals surface area contributed by atoms with Gasteiger partial charge >= 0.3 is 0 Å². The summed E-state index contributed by atoms with van der Waals surface area (Å²) in [6.07, 6.45) is 4.54. The summed E-state index contributed by atoms with van der Waals surface area (Å²) in [4.78, 5) is 25.6. The molecule has 0 unspecified atom stereocenters. The molecular formula is C27H25ClN6O2S. The molecule has 1 saturated heterocycles. The number of nitrogens with one attached hydrogen (secondary N) is 3. The lowest BCUT2D eigenvalue weighted by molar-refractivity contribution is -0.121. The third kappa shape index (κ3) is 6.35. The van der Waals surface area contributed by atoms with Crippen molar-refractivity contribution in [3.05, 3.63) is 70.6 Å². The minimum Gasteiger partial charge on any atom is -0.486 e. The van der Waals surface area contributed by atoms with Crippen LogP contribution in [0.15, 0.2) is 55.0 Å². The van der Waals surface area contributed by atoms with Crippen molar-refractivity contribution < 1.29 is 9.53 Å². The zero-order valence-corrected chi connectivity index (χ0v) is 21.7. The molecule has 3 N–H and O–H groups in total. The zero-order valence-electron chi connectivity index (χ0n) is 20.1. The van der Waals surface area contributed by atoms with Crippen LogP contribution in [0.5, 0.6) is 5.75 Å². The number of nitrogens with zero attached hydrogens (tertiary/aromatic N) is 3. The number of hydrogen-bond donors (Lipinski definition) is 3. The smallest absolute Gasteiger partial charge is 0.219 e. The van der Waals surface area contributed by atoms with Gasteiger partial charge in [-0.2, -0.15) is 0 Å². The molecule has 0 spiro atoms. The highest BCUT2D eigenvalue weighted by molar-refractivity contribution is 7.20. The van der Waals surface area contributed by atoms with E-state index in [9.17, 15) is 4.79 Å². The van der Waals surface area contributed by atoms with Gasteiger partial charge in [-0.3, -0.25) is 9.78 Å². The van der Waals surface area contributed by atoms with E-state index >= 15 is 0 Å². The predicted molar refractivity (Wildman–Crippen MR) is 146 cm³/mol. The number of pyridine rings is 1. The molecular weight excluding hydrogens is 508 g/mol. The van der Waals surface area contributed by atoms with Gasteiger partial charge in [0.1, 0.15) is 18.7 Å². The van der Waals surface area contributed by atoms with Gasteiger partial charge in [-0.05, 0) is 42.8 Å². The highest BCUT2D eigenvalue weighted by Gasteiger charge is 2.23. The van der Waals surface area contributed by atoms with Crippen LogP contribution in [0.4, 0.5) is 11.5 Å². The van der Waals surface area contributed by atoms with Crippen molar-refractivity contribution in [2.45, 2.75) is 38.5 Å². The number of carbonyl (C=O) groups is 1. The number of rotatable bonds is 7. The number of carbonyl (C=O) groups excluding carboxylic acids is 1. The number of thiophene rings is 1. The molecule has 8 nitrogen and oxygen atoms in total. The fraction of sp³-hybridized carbons (Fsp3) is 0.259. The highest BCUT2D eigenvalue weighted by atomic mass is 35.5. The second-order valence-electron chi connectivity index (χ2n) is 8.51. The molecule has 3 aromatic heterocycles. The first-order chi connectivity index (χ1) is 18.1. The molecule has 10 heteroatoms. The lowest BCUT2D eigenvalue weighted by atomic mass is 10.1. The van der Waals surface area contributed by atoms with Gasteiger partial charge in [-0.25, -0.2) is 9.97 Å². The summed E-state index contributed by atoms with van der Waals surface area (Å²) in [5, 5.41) is 10.2. The van der Waals surface area contributed by atoms with Crippen LogP contribution in [-0.4, -0.2) is 39.5 Å². The molecule has 4 aromatic rings. The van der Waals surface area contributed by atoms with Crippen LogP contribution >= 0.6 is 22.9 Å². The Hall–Kier alpha value is -3.71. The van der Waals surface area contributed by atoms with Crippen LogP contribution in [0.3, 0.4) is 0 Å². The standard InChI is InChI=1S/C27H25ClN6O2S/c1-2-25(35)33-20-11-17(30-14-20)6-8-21-13-23-26(37-21)27(32-16-31-23)34-18-7-9-24(22(28)12-18)36-15-19-5-3-4-10-29-19/h3-5,7,9-10,12-13,16-17,20,30H,2,11,14-15H2,1H3,(H,33,35)(H,31,32,34)/t17-,20-/m1/s1. The molecule has 188 valence electrons. The third-order valence-electron chi connectivity index (χ3n) is 5.79. The zero-order chi connectivity index (χ0) is 25.6. The van der Waals surface area contributed by atoms with Gasteiger partial charge in [0, 0.05) is 30.9 Å². The summed E-state index contributed by atoms with van der Waals surface area (Å²) < 4.78 is 6.72. The van der Waals surface area contributed by atoms with E-state index in [2.05, 4.69) is 42.7 Å². The van der Waals surface area contributed by atoms with E-state index in [1.54, 1.807) is 12.3 Å². The molecule has 1 aliphatic heterocycles. The van der Waals surface area contributed by atoms with Gasteiger partial charge in [-0.15, -0.1) is 11.3 Å². The average Bonchev–Trinajstić information content (AvgIpc) is 3.54. The Morgan fingerprint density at radius 2 is 2.16 bits per heavy atom. The molecule has 0 aliphatic carbocycles. The molecule has 0 bridgehead atoms. The quantitative estimate of drug-likeness (QED) is 0.297. The molecule has 0 radical (unpaired) electrons. The van der Waals surface area contributed by atoms with Crippen LogP contribution in [0, 0.1) is 11.8 Å². The number of fused-ring (bicyclic) bond motifs is 1. The molecule has 4 heterocycles. The van der Waals surface area contributed by atoms with Gasteiger partial charge in [-0.1, -0.05) is 36.4 Å². The lowest BCUT2D eigenvalue weighted by Gasteiger charge is -2.11. The molecule has 1 fully saturated rings. The summed E-state index contributed by atoms with van der Waals surface area (Å²) in [5.41, 5.74) is 2.43. The maximum atomic E-state index is 11.6. The van der Waals surface area contributed by atoms with Crippen LogP contribution in [0.2, 0.25) is 5.02 Å². The van der Waals surface area contributed by atoms with Crippen molar-refractivity contribution in [3.8, 4) is 17.6 Å². The fourth-order valence-corrected chi connectivity index (χ4v) is 5.07. The first kappa shape index (κ1) is 25.0. The predicted octanol–water partition coefficient (Wildman–Crippen LogP) is 4.67. The molecule has 1 aromatic carbocycles. The second-order valence-corrected chi connectivity index (χ2v) is 9.97. The first-order valence-corrected chi connectivity index (χ1v) is 13.1. The molecule has 0 saturated carbocycles. The second kappa shape index (κ2) is 11.6. The van der Waals surface area contributed by atoms with Gasteiger partial charge in [0.2, 0.25) is 5.91 Å². The first-order valence-electron chi connectivity index (χ1n) is 12.0. The topological polar surface area (TPSA) is 101 Å². The number of ether oxygens (including phenoxy) is 1. The number of anilines is 2. The number of benzene rings is 1. The van der Waals surface area contributed by atoms with E-state index < -0.39 is 0 Å². The Labute approximate surface area is 223 Å². The van der Waals surface area contributed by atoms with Crippen molar-refractivity contribution in [2.75, 3.05) is 11.9 Å². The van der Waals surface area contributed by atoms with E-state index in [4.69, 9.17) is 16.3 Å². The number of halogens is 1. The van der Waals surface area contributed by atoms with Crippen molar-refractivity contribution in [1.82, 2.24) is 25.6 Å². The highest BCUT2D eigenvalue weighted by Crippen LogP contribution is 2.33. The fourth-order valence-electron chi connectivity index (χ4n) is 3.92. The van der Waals surface area contributed by atoms with Gasteiger partial charge < -0.3 is 20.7 Å². The molecule has 2 atom stereocenters. The summed E-state index contributed by atoms with van der Waals surface area (Å²) >= 11 is 8.00. The van der Waals surface area contributed by atoms with E-state index in [-0.39, 0.29) is 18.0 Å².